The molecule has 5 atom stereocenters. The minimum atomic E-state index is -5.23. The van der Waals surface area contributed by atoms with Crippen molar-refractivity contribution in [1.29, 1.82) is 0 Å². The Labute approximate surface area is 425 Å². The summed E-state index contributed by atoms with van der Waals surface area (Å²) in [6, 6.07) is 5.87. The number of unbranched alkanes of at least 4 members (excludes halogenated alkanes) is 30. The first-order chi connectivity index (χ1) is 34.0. The summed E-state index contributed by atoms with van der Waals surface area (Å²) in [6.07, 6.45) is 31.5. The Morgan fingerprint density at radius 3 is 1.30 bits per heavy atom. The highest BCUT2D eigenvalue weighted by Gasteiger charge is 2.53. The zero-order valence-corrected chi connectivity index (χ0v) is 45.4. The predicted molar refractivity (Wildman–Crippen MR) is 279 cm³/mol. The Morgan fingerprint density at radius 1 is 0.543 bits per heavy atom. The fourth-order valence-electron chi connectivity index (χ4n) is 9.21. The second kappa shape index (κ2) is 41.9. The standard InChI is InChI=1S/C56H100NO12P/c1-5-8-11-14-17-20-23-26-29-32-35-38-50(58)57-53-55(68-52(60)40-37-34-31-28-25-22-19-16-13-10-7-3)54(67-51(59)39-36-33-30-27-24-21-18-15-12-9-6-2)49(66-56(53)69-70(61,62)63)46-65-45-47-41-43-48(64-4)44-42-47/h41-44,49,53-56H,5-40,45-46H2,1-4H3,(H,57,58)(H2,61,62,63)/t49?,53?,54-,55-,56-/m1/s1. The Kier molecular flexibility index (Phi) is 38.0. The number of hydrogen-bond donors (Lipinski definition) is 3. The van der Waals surface area contributed by atoms with Gasteiger partial charge in [0, 0.05) is 19.3 Å². The molecule has 1 amide bonds. The largest absolute Gasteiger partial charge is 0.497 e. The van der Waals surface area contributed by atoms with Crippen molar-refractivity contribution in [2.75, 3.05) is 13.7 Å². The second-order valence-corrected chi connectivity index (χ2v) is 21.1. The first-order valence-electron chi connectivity index (χ1n) is 28.3. The van der Waals surface area contributed by atoms with Crippen molar-refractivity contribution in [3.63, 3.8) is 0 Å². The topological polar surface area (TPSA) is 176 Å². The van der Waals surface area contributed by atoms with Gasteiger partial charge in [0.15, 0.2) is 18.5 Å². The molecular formula is C56H100NO12P. The predicted octanol–water partition coefficient (Wildman–Crippen LogP) is 14.5. The summed E-state index contributed by atoms with van der Waals surface area (Å²) < 4.78 is 47.7. The molecule has 0 aliphatic carbocycles. The molecule has 0 spiro atoms. The summed E-state index contributed by atoms with van der Waals surface area (Å²) >= 11 is 0. The highest BCUT2D eigenvalue weighted by Crippen LogP contribution is 2.42. The smallest absolute Gasteiger partial charge is 0.472 e. The molecule has 1 aliphatic rings. The lowest BCUT2D eigenvalue weighted by Crippen LogP contribution is -2.66. The van der Waals surface area contributed by atoms with E-state index in [0.29, 0.717) is 25.0 Å². The van der Waals surface area contributed by atoms with Crippen LogP contribution in [-0.2, 0) is 49.0 Å². The van der Waals surface area contributed by atoms with Crippen LogP contribution in [0, 0.1) is 0 Å². The fourth-order valence-corrected chi connectivity index (χ4v) is 9.66. The number of hydrogen-bond acceptors (Lipinski definition) is 10. The van der Waals surface area contributed by atoms with Crippen molar-refractivity contribution in [1.82, 2.24) is 5.32 Å². The summed E-state index contributed by atoms with van der Waals surface area (Å²) in [4.78, 5) is 61.5. The third kappa shape index (κ3) is 32.5. The number of rotatable bonds is 46. The van der Waals surface area contributed by atoms with E-state index in [2.05, 4.69) is 26.1 Å². The quantitative estimate of drug-likeness (QED) is 0.0321. The summed E-state index contributed by atoms with van der Waals surface area (Å²) in [5, 5.41) is 2.85. The molecule has 14 heteroatoms. The summed E-state index contributed by atoms with van der Waals surface area (Å²) in [7, 11) is -3.65. The SMILES string of the molecule is CCCCCCCCCCCCCC(=O)NC1[C@@H](OP(=O)(O)O)OC(COCc2ccc(OC)cc2)[C@@H](OC(=O)CCCCCCCCCCCCC)[C@@H]1OC(=O)CCCCCCCCCCCCC. The first kappa shape index (κ1) is 63.6. The molecule has 0 saturated carbocycles. The van der Waals surface area contributed by atoms with Gasteiger partial charge in [-0.2, -0.15) is 0 Å². The third-order valence-corrected chi connectivity index (χ3v) is 13.9. The average Bonchev–Trinajstić information content (AvgIpc) is 3.33. The molecule has 0 bridgehead atoms. The summed E-state index contributed by atoms with van der Waals surface area (Å²) in [5.41, 5.74) is 0.812. The van der Waals surface area contributed by atoms with Crippen molar-refractivity contribution in [3.8, 4) is 5.75 Å². The molecule has 3 N–H and O–H groups in total. The van der Waals surface area contributed by atoms with E-state index >= 15 is 0 Å². The molecule has 1 heterocycles. The molecule has 1 saturated heterocycles. The van der Waals surface area contributed by atoms with E-state index in [0.717, 1.165) is 76.2 Å². The molecule has 0 aromatic heterocycles. The fraction of sp³-hybridized carbons (Fsp3) is 0.839. The van der Waals surface area contributed by atoms with Crippen LogP contribution in [0.1, 0.15) is 257 Å². The highest BCUT2D eigenvalue weighted by molar-refractivity contribution is 7.46. The lowest BCUT2D eigenvalue weighted by molar-refractivity contribution is -0.262. The van der Waals surface area contributed by atoms with Crippen LogP contribution in [0.3, 0.4) is 0 Å². The van der Waals surface area contributed by atoms with Gasteiger partial charge >= 0.3 is 19.8 Å². The van der Waals surface area contributed by atoms with E-state index in [4.69, 9.17) is 28.2 Å². The number of phosphoric ester groups is 1. The van der Waals surface area contributed by atoms with Crippen LogP contribution < -0.4 is 10.1 Å². The maximum absolute atomic E-state index is 13.8. The first-order valence-corrected chi connectivity index (χ1v) is 29.8. The van der Waals surface area contributed by atoms with Gasteiger partial charge in [0.05, 0.1) is 20.3 Å². The average molecular weight is 1010 g/mol. The molecule has 1 aromatic carbocycles. The molecule has 2 rings (SSSR count). The van der Waals surface area contributed by atoms with E-state index in [1.54, 1.807) is 19.2 Å². The van der Waals surface area contributed by atoms with Crippen LogP contribution in [0.4, 0.5) is 0 Å². The Balaban J connectivity index is 2.24. The molecule has 406 valence electrons. The highest BCUT2D eigenvalue weighted by atomic mass is 31.2. The van der Waals surface area contributed by atoms with Crippen molar-refractivity contribution < 1.29 is 56.9 Å². The zero-order chi connectivity index (χ0) is 50.9. The molecule has 13 nitrogen and oxygen atoms in total. The van der Waals surface area contributed by atoms with Gasteiger partial charge in [-0.1, -0.05) is 226 Å². The van der Waals surface area contributed by atoms with Gasteiger partial charge in [-0.3, -0.25) is 18.9 Å². The minimum Gasteiger partial charge on any atom is -0.497 e. The molecule has 2 unspecified atom stereocenters. The molecule has 1 aliphatic heterocycles. The lowest BCUT2D eigenvalue weighted by Gasteiger charge is -2.45. The van der Waals surface area contributed by atoms with E-state index in [1.807, 2.05) is 12.1 Å². The number of phosphoric acid groups is 1. The van der Waals surface area contributed by atoms with Crippen molar-refractivity contribution >= 4 is 25.7 Å². The van der Waals surface area contributed by atoms with Crippen molar-refractivity contribution in [2.24, 2.45) is 0 Å². The van der Waals surface area contributed by atoms with Crippen LogP contribution in [0.15, 0.2) is 24.3 Å². The summed E-state index contributed by atoms with van der Waals surface area (Å²) in [5.74, 6) is -0.852. The van der Waals surface area contributed by atoms with E-state index in [-0.39, 0.29) is 32.5 Å². The molecule has 1 fully saturated rings. The molecule has 0 radical (unpaired) electrons. The number of carbonyl (C=O) groups is 3. The van der Waals surface area contributed by atoms with Crippen LogP contribution in [-0.4, -0.2) is 72.0 Å². The van der Waals surface area contributed by atoms with Gasteiger partial charge in [-0.25, -0.2) is 4.57 Å². The van der Waals surface area contributed by atoms with Crippen LogP contribution in [0.2, 0.25) is 0 Å². The number of methoxy groups -OCH3 is 1. The molecular weight excluding hydrogens is 910 g/mol. The normalized spacial score (nSPS) is 18.2. The van der Waals surface area contributed by atoms with Gasteiger partial charge in [0.1, 0.15) is 17.9 Å². The maximum Gasteiger partial charge on any atom is 0.472 e. The number of ether oxygens (including phenoxy) is 5. The van der Waals surface area contributed by atoms with Gasteiger partial charge in [-0.15, -0.1) is 0 Å². The van der Waals surface area contributed by atoms with Crippen LogP contribution in [0.5, 0.6) is 5.75 Å². The van der Waals surface area contributed by atoms with E-state index < -0.39 is 56.3 Å². The molecule has 70 heavy (non-hydrogen) atoms. The summed E-state index contributed by atoms with van der Waals surface area (Å²) in [6.45, 7) is 6.58. The van der Waals surface area contributed by atoms with E-state index in [9.17, 15) is 28.7 Å². The number of benzene rings is 1. The van der Waals surface area contributed by atoms with Crippen molar-refractivity contribution in [3.05, 3.63) is 29.8 Å². The number of carbonyl (C=O) groups excluding carboxylic acids is 3. The Bertz CT molecular complexity index is 1490. The van der Waals surface area contributed by atoms with Crippen LogP contribution >= 0.6 is 7.82 Å². The van der Waals surface area contributed by atoms with Gasteiger partial charge in [-0.05, 0) is 37.0 Å². The van der Waals surface area contributed by atoms with Gasteiger partial charge in [0.2, 0.25) is 5.91 Å². The zero-order valence-electron chi connectivity index (χ0n) is 44.5. The monoisotopic (exact) mass is 1010 g/mol. The number of esters is 2. The lowest BCUT2D eigenvalue weighted by atomic mass is 9.95. The number of nitrogens with one attached hydrogen (secondary N) is 1. The van der Waals surface area contributed by atoms with Gasteiger partial charge < -0.3 is 38.8 Å². The van der Waals surface area contributed by atoms with E-state index in [1.165, 1.54) is 122 Å². The van der Waals surface area contributed by atoms with Crippen molar-refractivity contribution in [2.45, 2.75) is 289 Å². The Hall–Kier alpha value is -2.54. The van der Waals surface area contributed by atoms with Gasteiger partial charge in [0.25, 0.3) is 0 Å². The third-order valence-electron chi connectivity index (χ3n) is 13.4. The maximum atomic E-state index is 13.8. The second-order valence-electron chi connectivity index (χ2n) is 19.9. The number of amides is 1. The molecule has 1 aromatic rings. The Morgan fingerprint density at radius 2 is 0.914 bits per heavy atom. The van der Waals surface area contributed by atoms with Crippen LogP contribution in [0.25, 0.3) is 0 Å². The minimum absolute atomic E-state index is 0.0792.